The number of nitrogens with one attached hydrogen (secondary N) is 1. The lowest BCUT2D eigenvalue weighted by molar-refractivity contribution is -0.116. The zero-order valence-corrected chi connectivity index (χ0v) is 18.5. The van der Waals surface area contributed by atoms with Crippen molar-refractivity contribution in [2.45, 2.75) is 52.0 Å². The molecule has 1 amide bonds. The quantitative estimate of drug-likeness (QED) is 0.776. The number of anilines is 3. The number of sulfonamides is 1. The van der Waals surface area contributed by atoms with Crippen molar-refractivity contribution in [2.75, 3.05) is 27.6 Å². The zero-order chi connectivity index (χ0) is 21.3. The molecule has 1 N–H and O–H groups in total. The molecule has 1 heterocycles. The Bertz CT molecular complexity index is 1030. The maximum Gasteiger partial charge on any atom is 0.261 e. The number of benzene rings is 2. The fraction of sp³-hybridized carbons (Fsp3) is 0.409. The van der Waals surface area contributed by atoms with E-state index < -0.39 is 10.0 Å². The van der Waals surface area contributed by atoms with Crippen LogP contribution in [0.25, 0.3) is 0 Å². The smallest absolute Gasteiger partial charge is 0.261 e. The summed E-state index contributed by atoms with van der Waals surface area (Å²) < 4.78 is 28.7. The van der Waals surface area contributed by atoms with Crippen LogP contribution in [0.15, 0.2) is 41.3 Å². The van der Waals surface area contributed by atoms with E-state index in [9.17, 15) is 13.2 Å². The molecule has 1 aliphatic rings. The highest BCUT2D eigenvalue weighted by molar-refractivity contribution is 7.92. The van der Waals surface area contributed by atoms with Crippen LogP contribution in [-0.4, -0.2) is 33.5 Å². The molecule has 29 heavy (non-hydrogen) atoms. The Labute approximate surface area is 173 Å². The minimum absolute atomic E-state index is 0.0308. The number of rotatable bonds is 6. The number of nitrogens with zero attached hydrogens (tertiary/aromatic N) is 2. The summed E-state index contributed by atoms with van der Waals surface area (Å²) in [6, 6.07) is 10.8. The number of hydrogen-bond acceptors (Lipinski definition) is 4. The van der Waals surface area contributed by atoms with Gasteiger partial charge in [0, 0.05) is 37.4 Å². The van der Waals surface area contributed by atoms with Crippen LogP contribution in [0.1, 0.15) is 38.8 Å². The van der Waals surface area contributed by atoms with E-state index in [0.29, 0.717) is 12.1 Å². The van der Waals surface area contributed by atoms with Crippen molar-refractivity contribution in [3.8, 4) is 0 Å². The molecule has 2 aromatic carbocycles. The minimum Gasteiger partial charge on any atom is -0.372 e. The highest BCUT2D eigenvalue weighted by Gasteiger charge is 2.30. The Morgan fingerprint density at radius 1 is 1.17 bits per heavy atom. The van der Waals surface area contributed by atoms with E-state index >= 15 is 0 Å². The van der Waals surface area contributed by atoms with Gasteiger partial charge in [-0.25, -0.2) is 8.42 Å². The third kappa shape index (κ3) is 4.10. The summed E-state index contributed by atoms with van der Waals surface area (Å²) in [5.41, 5.74) is 4.19. The van der Waals surface area contributed by atoms with Crippen LogP contribution < -0.4 is 14.5 Å². The third-order valence-electron chi connectivity index (χ3n) is 5.50. The van der Waals surface area contributed by atoms with E-state index in [1.165, 1.54) is 6.92 Å². The van der Waals surface area contributed by atoms with Gasteiger partial charge in [0.1, 0.15) is 0 Å². The van der Waals surface area contributed by atoms with E-state index in [4.69, 9.17) is 0 Å². The summed E-state index contributed by atoms with van der Waals surface area (Å²) in [7, 11) is -3.72. The fourth-order valence-electron chi connectivity index (χ4n) is 4.01. The van der Waals surface area contributed by atoms with E-state index in [0.717, 1.165) is 35.6 Å². The Hall–Kier alpha value is -2.54. The second-order valence-corrected chi connectivity index (χ2v) is 9.19. The third-order valence-corrected chi connectivity index (χ3v) is 6.86. The minimum atomic E-state index is -3.72. The largest absolute Gasteiger partial charge is 0.372 e. The van der Waals surface area contributed by atoms with Gasteiger partial charge < -0.3 is 9.80 Å². The first kappa shape index (κ1) is 21.2. The van der Waals surface area contributed by atoms with Crippen LogP contribution in [0.5, 0.6) is 0 Å². The van der Waals surface area contributed by atoms with E-state index in [1.807, 2.05) is 32.0 Å². The topological polar surface area (TPSA) is 69.7 Å². The van der Waals surface area contributed by atoms with Crippen molar-refractivity contribution < 1.29 is 13.2 Å². The second-order valence-electron chi connectivity index (χ2n) is 7.51. The van der Waals surface area contributed by atoms with Gasteiger partial charge in [0.05, 0.1) is 10.6 Å². The van der Waals surface area contributed by atoms with Crippen molar-refractivity contribution in [1.29, 1.82) is 0 Å². The molecule has 0 unspecified atom stereocenters. The van der Waals surface area contributed by atoms with Crippen LogP contribution >= 0.6 is 0 Å². The Morgan fingerprint density at radius 3 is 2.45 bits per heavy atom. The predicted octanol–water partition coefficient (Wildman–Crippen LogP) is 3.94. The molecular formula is C22H29N3O3S. The first-order chi connectivity index (χ1) is 13.7. The molecular weight excluding hydrogens is 386 g/mol. The summed E-state index contributed by atoms with van der Waals surface area (Å²) in [5.74, 6) is -0.0334. The average molecular weight is 416 g/mol. The number of carbonyl (C=O) groups is 1. The van der Waals surface area contributed by atoms with Crippen LogP contribution in [0.4, 0.5) is 17.1 Å². The maximum atomic E-state index is 13.0. The zero-order valence-electron chi connectivity index (χ0n) is 17.7. The van der Waals surface area contributed by atoms with E-state index in [-0.39, 0.29) is 16.8 Å². The molecule has 0 aliphatic carbocycles. The van der Waals surface area contributed by atoms with Gasteiger partial charge in [-0.15, -0.1) is 0 Å². The Kier molecular flexibility index (Phi) is 5.89. The summed E-state index contributed by atoms with van der Waals surface area (Å²) in [6.07, 6.45) is 0.649. The molecule has 0 saturated carbocycles. The highest BCUT2D eigenvalue weighted by Crippen LogP contribution is 2.34. The SMILES string of the molecule is CCN(CC)c1ccc(NS(=O)(=O)c2ccc3c(c2)C[C@@H](C)N3C(C)=O)c(C)c1. The monoisotopic (exact) mass is 415 g/mol. The summed E-state index contributed by atoms with van der Waals surface area (Å²) in [4.78, 5) is 16.0. The predicted molar refractivity (Wildman–Crippen MR) is 118 cm³/mol. The molecule has 0 radical (unpaired) electrons. The lowest BCUT2D eigenvalue weighted by Crippen LogP contribution is -2.33. The first-order valence-electron chi connectivity index (χ1n) is 9.99. The number of carbonyl (C=O) groups excluding carboxylic acids is 1. The van der Waals surface area contributed by atoms with Crippen molar-refractivity contribution in [3.05, 3.63) is 47.5 Å². The van der Waals surface area contributed by atoms with Gasteiger partial charge >= 0.3 is 0 Å². The summed E-state index contributed by atoms with van der Waals surface area (Å²) in [5, 5.41) is 0. The van der Waals surface area contributed by atoms with Crippen molar-refractivity contribution in [3.63, 3.8) is 0 Å². The molecule has 0 spiro atoms. The van der Waals surface area contributed by atoms with Crippen molar-refractivity contribution in [2.24, 2.45) is 0 Å². The molecule has 0 aromatic heterocycles. The molecule has 0 fully saturated rings. The Morgan fingerprint density at radius 2 is 1.86 bits per heavy atom. The molecule has 1 aliphatic heterocycles. The fourth-order valence-corrected chi connectivity index (χ4v) is 5.19. The molecule has 2 aromatic rings. The van der Waals surface area contributed by atoms with Gasteiger partial charge in [-0.2, -0.15) is 0 Å². The molecule has 1 atom stereocenters. The second kappa shape index (κ2) is 8.06. The first-order valence-corrected chi connectivity index (χ1v) is 11.5. The lowest BCUT2D eigenvalue weighted by Gasteiger charge is -2.22. The van der Waals surface area contributed by atoms with Gasteiger partial charge in [0.15, 0.2) is 0 Å². The summed E-state index contributed by atoms with van der Waals surface area (Å²) >= 11 is 0. The van der Waals surface area contributed by atoms with E-state index in [2.05, 4.69) is 23.5 Å². The van der Waals surface area contributed by atoms with Crippen molar-refractivity contribution >= 4 is 33.0 Å². The average Bonchev–Trinajstić information content (AvgIpc) is 2.99. The highest BCUT2D eigenvalue weighted by atomic mass is 32.2. The van der Waals surface area contributed by atoms with Gasteiger partial charge in [-0.3, -0.25) is 9.52 Å². The van der Waals surface area contributed by atoms with Crippen LogP contribution in [-0.2, 0) is 21.2 Å². The number of hydrogen-bond donors (Lipinski definition) is 1. The van der Waals surface area contributed by atoms with Crippen LogP contribution in [0.3, 0.4) is 0 Å². The van der Waals surface area contributed by atoms with Gasteiger partial charge in [-0.05, 0) is 81.6 Å². The van der Waals surface area contributed by atoms with Crippen molar-refractivity contribution in [1.82, 2.24) is 0 Å². The molecule has 0 saturated heterocycles. The maximum absolute atomic E-state index is 13.0. The van der Waals surface area contributed by atoms with Gasteiger partial charge in [0.2, 0.25) is 5.91 Å². The van der Waals surface area contributed by atoms with Crippen LogP contribution in [0.2, 0.25) is 0 Å². The number of amides is 1. The van der Waals surface area contributed by atoms with Gasteiger partial charge in [-0.1, -0.05) is 0 Å². The Balaban J connectivity index is 1.88. The van der Waals surface area contributed by atoms with E-state index in [1.54, 1.807) is 23.1 Å². The molecule has 156 valence electrons. The van der Waals surface area contributed by atoms with Crippen LogP contribution in [0, 0.1) is 6.92 Å². The normalized spacial score (nSPS) is 15.9. The number of aryl methyl sites for hydroxylation is 1. The molecule has 0 bridgehead atoms. The lowest BCUT2D eigenvalue weighted by atomic mass is 10.1. The summed E-state index contributed by atoms with van der Waals surface area (Å²) in [6.45, 7) is 11.4. The van der Waals surface area contributed by atoms with Gasteiger partial charge in [0.25, 0.3) is 10.0 Å². The standard InChI is InChI=1S/C22H29N3O3S/c1-6-24(7-2)19-8-10-21(15(3)12-19)23-29(27,28)20-9-11-22-18(14-20)13-16(4)25(22)17(5)26/h8-12,14,16,23H,6-7,13H2,1-5H3/t16-/m1/s1. The molecule has 6 nitrogen and oxygen atoms in total. The molecule has 3 rings (SSSR count). The molecule has 7 heteroatoms. The number of fused-ring (bicyclic) bond motifs is 1.